The number of carbonyl (C=O) groups excluding carboxylic acids is 1. The van der Waals surface area contributed by atoms with Crippen molar-refractivity contribution in [2.45, 2.75) is 129 Å². The van der Waals surface area contributed by atoms with Gasteiger partial charge in [-0.05, 0) is 12.8 Å². The number of carbonyl (C=O) groups is 1. The van der Waals surface area contributed by atoms with Crippen LogP contribution in [0, 0.1) is 0 Å². The molecule has 5 nitrogen and oxygen atoms in total. The van der Waals surface area contributed by atoms with Crippen molar-refractivity contribution in [3.05, 3.63) is 0 Å². The first-order valence-corrected chi connectivity index (χ1v) is 14.2. The van der Waals surface area contributed by atoms with Crippen LogP contribution in [-0.2, 0) is 14.9 Å². The second-order valence-corrected chi connectivity index (χ2v) is 10.2. The topological polar surface area (TPSA) is 77.5 Å². The Labute approximate surface area is 215 Å². The molecular formula is C24H48NNaO4S. The molecule has 0 aromatic carbocycles. The zero-order valence-electron chi connectivity index (χ0n) is 20.8. The average Bonchev–Trinajstić information content (AvgIpc) is 2.70. The predicted octanol–water partition coefficient (Wildman–Crippen LogP) is 3.43. The van der Waals surface area contributed by atoms with Crippen LogP contribution in [0.5, 0.6) is 0 Å². The molecule has 0 aromatic heterocycles. The van der Waals surface area contributed by atoms with Gasteiger partial charge in [0.2, 0.25) is 5.91 Å². The van der Waals surface area contributed by atoms with Crippen molar-refractivity contribution < 1.29 is 47.3 Å². The summed E-state index contributed by atoms with van der Waals surface area (Å²) >= 11 is 0. The molecule has 1 amide bonds. The fraction of sp³-hybridized carbons (Fsp3) is 0.958. The number of nitrogens with zero attached hydrogens (tertiary/aromatic N) is 1. The van der Waals surface area contributed by atoms with Gasteiger partial charge in [-0.1, -0.05) is 110 Å². The summed E-state index contributed by atoms with van der Waals surface area (Å²) in [7, 11) is -4.28. The first kappa shape index (κ1) is 33.6. The van der Waals surface area contributed by atoms with E-state index in [1.807, 2.05) is 0 Å². The van der Waals surface area contributed by atoms with E-state index in [4.69, 9.17) is 0 Å². The summed E-state index contributed by atoms with van der Waals surface area (Å²) in [5.74, 6) is -0.483. The zero-order valence-corrected chi connectivity index (χ0v) is 23.7. The van der Waals surface area contributed by atoms with E-state index in [-0.39, 0.29) is 42.0 Å². The molecule has 0 unspecified atom stereocenters. The Morgan fingerprint density at radius 2 is 1.03 bits per heavy atom. The molecule has 0 fully saturated rings. The SMILES string of the molecule is CCCCCCCCCCCCCCCC(=O)N(CCCCCC)CCS(=O)(=O)[O-].[Na+]. The van der Waals surface area contributed by atoms with Crippen LogP contribution >= 0.6 is 0 Å². The molecule has 0 saturated carbocycles. The van der Waals surface area contributed by atoms with Crippen molar-refractivity contribution >= 4 is 16.0 Å². The summed E-state index contributed by atoms with van der Waals surface area (Å²) < 4.78 is 32.8. The molecule has 180 valence electrons. The Morgan fingerprint density at radius 1 is 0.645 bits per heavy atom. The van der Waals surface area contributed by atoms with Crippen LogP contribution in [0.25, 0.3) is 0 Å². The summed E-state index contributed by atoms with van der Waals surface area (Å²) in [5.41, 5.74) is 0. The molecule has 0 rings (SSSR count). The van der Waals surface area contributed by atoms with Gasteiger partial charge in [0.15, 0.2) is 0 Å². The molecular weight excluding hydrogens is 421 g/mol. The summed E-state index contributed by atoms with van der Waals surface area (Å²) in [4.78, 5) is 14.0. The van der Waals surface area contributed by atoms with E-state index in [9.17, 15) is 17.8 Å². The molecule has 0 bridgehead atoms. The maximum atomic E-state index is 12.5. The van der Waals surface area contributed by atoms with Crippen molar-refractivity contribution in [2.75, 3.05) is 18.8 Å². The van der Waals surface area contributed by atoms with E-state index in [0.29, 0.717) is 13.0 Å². The van der Waals surface area contributed by atoms with E-state index < -0.39 is 15.9 Å². The first-order valence-electron chi connectivity index (χ1n) is 12.6. The molecule has 7 heteroatoms. The minimum Gasteiger partial charge on any atom is -0.748 e. The normalized spacial score (nSPS) is 11.3. The Kier molecular flexibility index (Phi) is 25.5. The largest absolute Gasteiger partial charge is 1.00 e. The van der Waals surface area contributed by atoms with Gasteiger partial charge >= 0.3 is 29.6 Å². The second kappa shape index (κ2) is 23.5. The number of hydrogen-bond acceptors (Lipinski definition) is 4. The van der Waals surface area contributed by atoms with E-state index in [1.54, 1.807) is 4.90 Å². The average molecular weight is 470 g/mol. The van der Waals surface area contributed by atoms with E-state index >= 15 is 0 Å². The maximum absolute atomic E-state index is 12.5. The molecule has 0 aliphatic rings. The molecule has 0 radical (unpaired) electrons. The first-order chi connectivity index (χ1) is 14.4. The van der Waals surface area contributed by atoms with Crippen LogP contribution in [0.15, 0.2) is 0 Å². The van der Waals surface area contributed by atoms with Crippen LogP contribution in [-0.4, -0.2) is 42.6 Å². The Morgan fingerprint density at radius 3 is 1.45 bits per heavy atom. The minimum atomic E-state index is -4.28. The standard InChI is InChI=1S/C24H49NO4S.Na/c1-3-5-7-9-10-11-12-13-14-15-16-17-18-20-24(26)25(21-19-8-6-4-2)22-23-30(27,28)29;/h3-23H2,1-2H3,(H,27,28,29);/q;+1/p-1. The fourth-order valence-corrected chi connectivity index (χ4v) is 4.21. The van der Waals surface area contributed by atoms with Gasteiger partial charge in [0.25, 0.3) is 0 Å². The molecule has 0 saturated heterocycles. The van der Waals surface area contributed by atoms with Gasteiger partial charge in [0.05, 0.1) is 15.9 Å². The molecule has 0 aliphatic carbocycles. The minimum absolute atomic E-state index is 0. The summed E-state index contributed by atoms with van der Waals surface area (Å²) in [5, 5.41) is 0. The third-order valence-corrected chi connectivity index (χ3v) is 6.42. The van der Waals surface area contributed by atoms with Crippen molar-refractivity contribution in [1.29, 1.82) is 0 Å². The van der Waals surface area contributed by atoms with E-state index in [1.165, 1.54) is 64.2 Å². The van der Waals surface area contributed by atoms with Gasteiger partial charge in [0.1, 0.15) is 0 Å². The van der Waals surface area contributed by atoms with Crippen molar-refractivity contribution in [2.24, 2.45) is 0 Å². The monoisotopic (exact) mass is 469 g/mol. The van der Waals surface area contributed by atoms with E-state index in [0.717, 1.165) is 44.9 Å². The number of hydrogen-bond donors (Lipinski definition) is 0. The van der Waals surface area contributed by atoms with Gasteiger partial charge in [-0.25, -0.2) is 8.42 Å². The van der Waals surface area contributed by atoms with E-state index in [2.05, 4.69) is 13.8 Å². The van der Waals surface area contributed by atoms with Crippen molar-refractivity contribution in [3.63, 3.8) is 0 Å². The number of rotatable bonds is 22. The molecule has 0 aromatic rings. The molecule has 0 N–H and O–H groups in total. The Hall–Kier alpha value is 0.380. The fourth-order valence-electron chi connectivity index (χ4n) is 3.76. The molecule has 31 heavy (non-hydrogen) atoms. The van der Waals surface area contributed by atoms with Gasteiger partial charge in [-0.3, -0.25) is 4.79 Å². The third-order valence-electron chi connectivity index (χ3n) is 5.74. The second-order valence-electron chi connectivity index (χ2n) is 8.70. The van der Waals surface area contributed by atoms with Crippen LogP contribution in [0.1, 0.15) is 129 Å². The van der Waals surface area contributed by atoms with Crippen LogP contribution < -0.4 is 29.6 Å². The molecule has 0 aliphatic heterocycles. The smallest absolute Gasteiger partial charge is 0.748 e. The van der Waals surface area contributed by atoms with Crippen molar-refractivity contribution in [3.8, 4) is 0 Å². The van der Waals surface area contributed by atoms with Crippen LogP contribution in [0.4, 0.5) is 0 Å². The molecule has 0 spiro atoms. The van der Waals surface area contributed by atoms with Gasteiger partial charge < -0.3 is 9.45 Å². The number of unbranched alkanes of at least 4 members (excludes halogenated alkanes) is 15. The predicted molar refractivity (Wildman–Crippen MR) is 126 cm³/mol. The summed E-state index contributed by atoms with van der Waals surface area (Å²) in [6.45, 7) is 4.98. The maximum Gasteiger partial charge on any atom is 1.00 e. The third kappa shape index (κ3) is 24.8. The Bertz CT molecular complexity index is 500. The number of amides is 1. The van der Waals surface area contributed by atoms with Crippen molar-refractivity contribution in [1.82, 2.24) is 4.90 Å². The molecule has 0 heterocycles. The quantitative estimate of drug-likeness (QED) is 0.138. The van der Waals surface area contributed by atoms with Gasteiger partial charge in [-0.2, -0.15) is 0 Å². The summed E-state index contributed by atoms with van der Waals surface area (Å²) in [6, 6.07) is 0. The zero-order chi connectivity index (χ0) is 22.5. The van der Waals surface area contributed by atoms with Gasteiger partial charge in [0, 0.05) is 19.5 Å². The van der Waals surface area contributed by atoms with Gasteiger partial charge in [-0.15, -0.1) is 0 Å². The molecule has 0 atom stereocenters. The van der Waals surface area contributed by atoms with Crippen LogP contribution in [0.3, 0.4) is 0 Å². The Balaban J connectivity index is 0. The summed E-state index contributed by atoms with van der Waals surface area (Å²) in [6.07, 6.45) is 21.0. The van der Waals surface area contributed by atoms with Crippen LogP contribution in [0.2, 0.25) is 0 Å².